The molecule has 0 saturated heterocycles. The van der Waals surface area contributed by atoms with Crippen molar-refractivity contribution in [2.75, 3.05) is 0 Å². The number of rotatable bonds is 6. The van der Waals surface area contributed by atoms with Gasteiger partial charge in [0.1, 0.15) is 0 Å². The molecule has 0 amide bonds. The van der Waals surface area contributed by atoms with E-state index >= 15 is 0 Å². The van der Waals surface area contributed by atoms with Crippen LogP contribution in [0.1, 0.15) is 143 Å². The van der Waals surface area contributed by atoms with Gasteiger partial charge in [-0.2, -0.15) is 0 Å². The number of hydrogen-bond acceptors (Lipinski definition) is 0. The largest absolute Gasteiger partial charge is 0.0947 e. The molecule has 1 aromatic rings. The highest BCUT2D eigenvalue weighted by Crippen LogP contribution is 2.72. The van der Waals surface area contributed by atoms with E-state index in [0.717, 1.165) is 58.7 Å². The Morgan fingerprint density at radius 1 is 0.524 bits per heavy atom. The highest BCUT2D eigenvalue weighted by molar-refractivity contribution is 7.60. The first-order valence-electron chi connectivity index (χ1n) is 18.3. The summed E-state index contributed by atoms with van der Waals surface area (Å²) in [6, 6.07) is 7.95. The van der Waals surface area contributed by atoms with Gasteiger partial charge in [0.2, 0.25) is 0 Å². The lowest BCUT2D eigenvalue weighted by Crippen LogP contribution is -2.52. The lowest BCUT2D eigenvalue weighted by molar-refractivity contribution is 0.0129. The van der Waals surface area contributed by atoms with Gasteiger partial charge in [0.25, 0.3) is 0 Å². The van der Waals surface area contributed by atoms with Crippen LogP contribution in [0.5, 0.6) is 0 Å². The Morgan fingerprint density at radius 3 is 1.29 bits per heavy atom. The minimum absolute atomic E-state index is 0.0248. The van der Waals surface area contributed by atoms with Gasteiger partial charge in [-0.25, -0.2) is 0 Å². The average molecular weight is 607 g/mol. The molecule has 42 heavy (non-hydrogen) atoms. The maximum atomic E-state index is 2.77. The van der Waals surface area contributed by atoms with Crippen LogP contribution in [0.25, 0.3) is 0 Å². The third kappa shape index (κ3) is 5.76. The number of hydrogen-bond donors (Lipinski definition) is 0. The summed E-state index contributed by atoms with van der Waals surface area (Å²) in [4.78, 5) is 0. The molecule has 0 aliphatic heterocycles. The molecule has 1 aromatic carbocycles. The smallest absolute Gasteiger partial charge is 0.00608 e. The highest BCUT2D eigenvalue weighted by Gasteiger charge is 2.56. The predicted molar refractivity (Wildman–Crippen MR) is 188 cm³/mol. The molecule has 8 saturated carbocycles. The Kier molecular flexibility index (Phi) is 7.92. The van der Waals surface area contributed by atoms with E-state index in [4.69, 9.17) is 0 Å². The minimum Gasteiger partial charge on any atom is -0.0947 e. The van der Waals surface area contributed by atoms with E-state index in [1.54, 1.807) is 75.3 Å². The molecule has 8 aliphatic carbocycles. The van der Waals surface area contributed by atoms with Gasteiger partial charge in [0.05, 0.1) is 0 Å². The van der Waals surface area contributed by atoms with Crippen LogP contribution in [0, 0.1) is 47.3 Å². The third-order valence-electron chi connectivity index (χ3n) is 13.5. The molecule has 0 spiro atoms. The SMILES string of the molecule is CC(C)(C)c1ccc(CP(C(C)(C)C)C(C)(C)C)c(CP(C2C3CC4CC(C3)CC2C4)C2C3CC4CC(C3)CC2C4)c1. The maximum Gasteiger partial charge on any atom is -0.00608 e. The van der Waals surface area contributed by atoms with Crippen LogP contribution in [0.3, 0.4) is 0 Å². The molecule has 2 heteroatoms. The fraction of sp³-hybridized carbons (Fsp3) is 0.850. The topological polar surface area (TPSA) is 0 Å². The summed E-state index contributed by atoms with van der Waals surface area (Å²) in [5.74, 6) is 8.73. The van der Waals surface area contributed by atoms with Gasteiger partial charge < -0.3 is 0 Å². The molecule has 0 unspecified atom stereocenters. The second-order valence-electron chi connectivity index (χ2n) is 19.7. The van der Waals surface area contributed by atoms with Gasteiger partial charge in [0.15, 0.2) is 0 Å². The van der Waals surface area contributed by atoms with Crippen molar-refractivity contribution in [3.8, 4) is 0 Å². The van der Waals surface area contributed by atoms with E-state index in [1.165, 1.54) is 12.3 Å². The maximum absolute atomic E-state index is 2.77. The molecule has 0 heterocycles. The predicted octanol–water partition coefficient (Wildman–Crippen LogP) is 12.2. The molecule has 0 aromatic heterocycles. The fourth-order valence-corrected chi connectivity index (χ4v) is 20.8. The molecule has 0 atom stereocenters. The molecule has 8 fully saturated rings. The molecule has 234 valence electrons. The summed E-state index contributed by atoms with van der Waals surface area (Å²) >= 11 is 0. The number of benzene rings is 1. The van der Waals surface area contributed by atoms with Crippen LogP contribution in [0.4, 0.5) is 0 Å². The quantitative estimate of drug-likeness (QED) is 0.283. The first kappa shape index (κ1) is 30.7. The van der Waals surface area contributed by atoms with Crippen molar-refractivity contribution < 1.29 is 0 Å². The Morgan fingerprint density at radius 2 is 0.929 bits per heavy atom. The van der Waals surface area contributed by atoms with Gasteiger partial charge in [-0.05, 0) is 168 Å². The average Bonchev–Trinajstić information content (AvgIpc) is 2.84. The van der Waals surface area contributed by atoms with E-state index in [9.17, 15) is 0 Å². The Labute approximate surface area is 263 Å². The van der Waals surface area contributed by atoms with Crippen molar-refractivity contribution in [2.24, 2.45) is 47.3 Å². The summed E-state index contributed by atoms with van der Waals surface area (Å²) in [6.45, 7) is 22.5. The monoisotopic (exact) mass is 606 g/mol. The summed E-state index contributed by atoms with van der Waals surface area (Å²) < 4.78 is 0. The van der Waals surface area contributed by atoms with Crippen LogP contribution in [-0.4, -0.2) is 21.6 Å². The van der Waals surface area contributed by atoms with Crippen molar-refractivity contribution >= 4 is 15.8 Å². The zero-order valence-electron chi connectivity index (χ0n) is 28.9. The first-order chi connectivity index (χ1) is 19.6. The van der Waals surface area contributed by atoms with E-state index < -0.39 is 0 Å². The zero-order chi connectivity index (χ0) is 29.8. The van der Waals surface area contributed by atoms with Gasteiger partial charge >= 0.3 is 0 Å². The standard InChI is InChI=1S/C40H64P2/c1-38(2,3)35-11-10-29(24-42(39(4,5)6)40(7,8)9)34(22-35)23-41(36-30-14-25-12-26(16-30)17-31(36)15-25)37-32-18-27-13-28(20-32)21-33(37)19-27/h10-11,22,25-28,30-33,36-37H,12-21,23-24H2,1-9H3. The molecule has 8 aliphatic rings. The van der Waals surface area contributed by atoms with E-state index in [2.05, 4.69) is 80.5 Å². The summed E-state index contributed by atoms with van der Waals surface area (Å²) in [7, 11) is -0.114. The molecule has 9 rings (SSSR count). The van der Waals surface area contributed by atoms with Gasteiger partial charge in [-0.3, -0.25) is 0 Å². The van der Waals surface area contributed by atoms with E-state index in [1.807, 2.05) is 5.56 Å². The van der Waals surface area contributed by atoms with Crippen molar-refractivity contribution in [3.63, 3.8) is 0 Å². The molecule has 0 radical (unpaired) electrons. The van der Waals surface area contributed by atoms with Crippen LogP contribution in [-0.2, 0) is 17.7 Å². The molecule has 0 N–H and O–H groups in total. The summed E-state index contributed by atoms with van der Waals surface area (Å²) in [5, 5.41) is 0.752. The molecule has 0 nitrogen and oxygen atoms in total. The first-order valence-corrected chi connectivity index (χ1v) is 21.5. The van der Waals surface area contributed by atoms with E-state index in [-0.39, 0.29) is 21.3 Å². The Bertz CT molecular complexity index is 1030. The second-order valence-corrected chi connectivity index (χ2v) is 26.1. The van der Waals surface area contributed by atoms with Crippen LogP contribution < -0.4 is 0 Å². The Hall–Kier alpha value is 0.0800. The summed E-state index contributed by atoms with van der Waals surface area (Å²) in [6.07, 6.45) is 18.8. The third-order valence-corrected chi connectivity index (χ3v) is 21.3. The van der Waals surface area contributed by atoms with Crippen molar-refractivity contribution in [1.82, 2.24) is 0 Å². The van der Waals surface area contributed by atoms with Crippen molar-refractivity contribution in [2.45, 2.75) is 166 Å². The van der Waals surface area contributed by atoms with Gasteiger partial charge in [-0.1, -0.05) is 96.4 Å². The zero-order valence-corrected chi connectivity index (χ0v) is 30.7. The van der Waals surface area contributed by atoms with Crippen LogP contribution in [0.15, 0.2) is 18.2 Å². The lowest BCUT2D eigenvalue weighted by Gasteiger charge is -2.62. The second kappa shape index (κ2) is 10.8. The van der Waals surface area contributed by atoms with Crippen molar-refractivity contribution in [3.05, 3.63) is 34.9 Å². The van der Waals surface area contributed by atoms with Crippen molar-refractivity contribution in [1.29, 1.82) is 0 Å². The summed E-state index contributed by atoms with van der Waals surface area (Å²) in [5.41, 5.74) is 7.56. The van der Waals surface area contributed by atoms with Gasteiger partial charge in [-0.15, -0.1) is 0 Å². The fourth-order valence-electron chi connectivity index (χ4n) is 12.5. The highest BCUT2D eigenvalue weighted by atomic mass is 31.1. The van der Waals surface area contributed by atoms with Crippen LogP contribution in [0.2, 0.25) is 0 Å². The van der Waals surface area contributed by atoms with E-state index in [0.29, 0.717) is 10.3 Å². The molecule has 8 bridgehead atoms. The normalized spacial score (nSPS) is 39.9. The van der Waals surface area contributed by atoms with Gasteiger partial charge in [0, 0.05) is 0 Å². The molecular weight excluding hydrogens is 542 g/mol. The molecular formula is C40H64P2. The van der Waals surface area contributed by atoms with Crippen LogP contribution >= 0.6 is 15.8 Å². The lowest BCUT2D eigenvalue weighted by atomic mass is 9.55. The Balaban J connectivity index is 1.29. The minimum atomic E-state index is -0.139.